The number of nitrogens with zero attached hydrogens (tertiary/aromatic N) is 1. The number of nitrogens with two attached hydrogens (primary N) is 1. The summed E-state index contributed by atoms with van der Waals surface area (Å²) in [6.45, 7) is 7.09. The molecule has 0 heterocycles. The zero-order valence-corrected chi connectivity index (χ0v) is 10.3. The Hall–Kier alpha value is -0.610. The molecule has 1 atom stereocenters. The Morgan fingerprint density at radius 2 is 1.93 bits per heavy atom. The van der Waals surface area contributed by atoms with Crippen LogP contribution in [0, 0.1) is 0 Å². The molecule has 0 aromatic carbocycles. The minimum atomic E-state index is -0.428. The topological polar surface area (TPSA) is 55.6 Å². The quantitative estimate of drug-likeness (QED) is 0.690. The van der Waals surface area contributed by atoms with Gasteiger partial charge < -0.3 is 15.4 Å². The molecule has 0 spiro atoms. The van der Waals surface area contributed by atoms with Crippen molar-refractivity contribution >= 4 is 5.91 Å². The first-order chi connectivity index (χ1) is 7.08. The lowest BCUT2D eigenvalue weighted by Gasteiger charge is -2.31. The van der Waals surface area contributed by atoms with E-state index in [2.05, 4.69) is 13.8 Å². The largest absolute Gasteiger partial charge is 0.383 e. The van der Waals surface area contributed by atoms with E-state index in [1.54, 1.807) is 14.0 Å². The van der Waals surface area contributed by atoms with Gasteiger partial charge in [0.2, 0.25) is 5.91 Å². The molecule has 15 heavy (non-hydrogen) atoms. The third-order valence-electron chi connectivity index (χ3n) is 2.59. The van der Waals surface area contributed by atoms with E-state index in [-0.39, 0.29) is 11.9 Å². The Morgan fingerprint density at radius 3 is 2.27 bits per heavy atom. The van der Waals surface area contributed by atoms with Crippen molar-refractivity contribution in [3.8, 4) is 0 Å². The highest BCUT2D eigenvalue weighted by atomic mass is 16.5. The van der Waals surface area contributed by atoms with Gasteiger partial charge in [0.25, 0.3) is 0 Å². The molecule has 0 aliphatic carbocycles. The molecule has 0 saturated carbocycles. The second-order valence-electron chi connectivity index (χ2n) is 3.78. The van der Waals surface area contributed by atoms with Crippen LogP contribution in [0.4, 0.5) is 0 Å². The monoisotopic (exact) mass is 216 g/mol. The van der Waals surface area contributed by atoms with E-state index in [0.29, 0.717) is 13.2 Å². The van der Waals surface area contributed by atoms with Crippen LogP contribution in [0.3, 0.4) is 0 Å². The van der Waals surface area contributed by atoms with E-state index >= 15 is 0 Å². The molecule has 0 fully saturated rings. The fourth-order valence-electron chi connectivity index (χ4n) is 1.65. The molecule has 2 N–H and O–H groups in total. The molecule has 90 valence electrons. The average Bonchev–Trinajstić information content (AvgIpc) is 2.23. The Morgan fingerprint density at radius 1 is 1.40 bits per heavy atom. The normalized spacial score (nSPS) is 12.9. The van der Waals surface area contributed by atoms with Gasteiger partial charge in [-0.25, -0.2) is 0 Å². The minimum absolute atomic E-state index is 0.0146. The SMILES string of the molecule is CCC(CC)N(CCOC)C(=O)[C@H](C)N. The lowest BCUT2D eigenvalue weighted by molar-refractivity contribution is -0.135. The first-order valence-corrected chi connectivity index (χ1v) is 5.63. The summed E-state index contributed by atoms with van der Waals surface area (Å²) in [4.78, 5) is 13.7. The molecule has 0 saturated heterocycles. The van der Waals surface area contributed by atoms with E-state index in [4.69, 9.17) is 10.5 Å². The number of hydrogen-bond acceptors (Lipinski definition) is 3. The van der Waals surface area contributed by atoms with Gasteiger partial charge in [-0.3, -0.25) is 4.79 Å². The third kappa shape index (κ3) is 4.62. The number of methoxy groups -OCH3 is 1. The second kappa shape index (κ2) is 7.65. The van der Waals surface area contributed by atoms with Crippen molar-refractivity contribution in [3.63, 3.8) is 0 Å². The smallest absolute Gasteiger partial charge is 0.239 e. The first kappa shape index (κ1) is 14.4. The highest BCUT2D eigenvalue weighted by molar-refractivity contribution is 5.81. The van der Waals surface area contributed by atoms with Crippen molar-refractivity contribution in [2.75, 3.05) is 20.3 Å². The second-order valence-corrected chi connectivity index (χ2v) is 3.78. The van der Waals surface area contributed by atoms with Crippen LogP contribution in [0.15, 0.2) is 0 Å². The molecule has 4 heteroatoms. The van der Waals surface area contributed by atoms with Gasteiger partial charge in [-0.1, -0.05) is 13.8 Å². The third-order valence-corrected chi connectivity index (χ3v) is 2.59. The number of ether oxygens (including phenoxy) is 1. The van der Waals surface area contributed by atoms with Crippen LogP contribution in [0.2, 0.25) is 0 Å². The van der Waals surface area contributed by atoms with Gasteiger partial charge >= 0.3 is 0 Å². The average molecular weight is 216 g/mol. The molecule has 0 rings (SSSR count). The Bertz CT molecular complexity index is 179. The van der Waals surface area contributed by atoms with Crippen LogP contribution < -0.4 is 5.73 Å². The lowest BCUT2D eigenvalue weighted by atomic mass is 10.1. The van der Waals surface area contributed by atoms with Gasteiger partial charge in [0.05, 0.1) is 12.6 Å². The molecule has 0 aliphatic heterocycles. The summed E-state index contributed by atoms with van der Waals surface area (Å²) in [6.07, 6.45) is 1.91. The standard InChI is InChI=1S/C11H24N2O2/c1-5-10(6-2)13(7-8-15-4)11(14)9(3)12/h9-10H,5-8,12H2,1-4H3/t9-/m0/s1. The molecule has 4 nitrogen and oxygen atoms in total. The van der Waals surface area contributed by atoms with Gasteiger partial charge in [0.15, 0.2) is 0 Å². The number of amides is 1. The summed E-state index contributed by atoms with van der Waals surface area (Å²) < 4.78 is 5.01. The maximum Gasteiger partial charge on any atom is 0.239 e. The van der Waals surface area contributed by atoms with Gasteiger partial charge in [-0.15, -0.1) is 0 Å². The van der Waals surface area contributed by atoms with Crippen molar-refractivity contribution in [3.05, 3.63) is 0 Å². The molecule has 0 bridgehead atoms. The van der Waals surface area contributed by atoms with Crippen LogP contribution in [-0.4, -0.2) is 43.2 Å². The summed E-state index contributed by atoms with van der Waals surface area (Å²) >= 11 is 0. The zero-order chi connectivity index (χ0) is 11.8. The summed E-state index contributed by atoms with van der Waals surface area (Å²) in [5.41, 5.74) is 5.62. The summed E-state index contributed by atoms with van der Waals surface area (Å²) in [5, 5.41) is 0. The van der Waals surface area contributed by atoms with Crippen LogP contribution in [0.1, 0.15) is 33.6 Å². The predicted molar refractivity (Wildman–Crippen MR) is 61.6 cm³/mol. The Balaban J connectivity index is 4.47. The molecule has 1 amide bonds. The van der Waals surface area contributed by atoms with Crippen molar-refractivity contribution < 1.29 is 9.53 Å². The number of hydrogen-bond donors (Lipinski definition) is 1. The summed E-state index contributed by atoms with van der Waals surface area (Å²) in [6, 6.07) is -0.152. The number of carbonyl (C=O) groups excluding carboxylic acids is 1. The van der Waals surface area contributed by atoms with Crippen LogP contribution in [0.25, 0.3) is 0 Å². The molecular weight excluding hydrogens is 192 g/mol. The molecular formula is C11H24N2O2. The summed E-state index contributed by atoms with van der Waals surface area (Å²) in [5.74, 6) is 0.0146. The molecule has 0 unspecified atom stereocenters. The zero-order valence-electron chi connectivity index (χ0n) is 10.3. The fraction of sp³-hybridized carbons (Fsp3) is 0.909. The van der Waals surface area contributed by atoms with E-state index in [9.17, 15) is 4.79 Å². The van der Waals surface area contributed by atoms with E-state index < -0.39 is 6.04 Å². The van der Waals surface area contributed by atoms with E-state index in [1.807, 2.05) is 4.90 Å². The van der Waals surface area contributed by atoms with Crippen molar-refractivity contribution in [1.29, 1.82) is 0 Å². The highest BCUT2D eigenvalue weighted by Crippen LogP contribution is 2.09. The predicted octanol–water partition coefficient (Wildman–Crippen LogP) is 0.997. The van der Waals surface area contributed by atoms with Crippen molar-refractivity contribution in [2.45, 2.75) is 45.7 Å². The van der Waals surface area contributed by atoms with Gasteiger partial charge in [0, 0.05) is 19.7 Å². The lowest BCUT2D eigenvalue weighted by Crippen LogP contribution is -2.48. The highest BCUT2D eigenvalue weighted by Gasteiger charge is 2.22. The van der Waals surface area contributed by atoms with E-state index in [1.165, 1.54) is 0 Å². The van der Waals surface area contributed by atoms with Gasteiger partial charge in [-0.05, 0) is 19.8 Å². The number of carbonyl (C=O) groups is 1. The minimum Gasteiger partial charge on any atom is -0.383 e. The Labute approximate surface area is 92.8 Å². The van der Waals surface area contributed by atoms with E-state index in [0.717, 1.165) is 12.8 Å². The van der Waals surface area contributed by atoms with Crippen molar-refractivity contribution in [2.24, 2.45) is 5.73 Å². The Kier molecular flexibility index (Phi) is 7.34. The number of rotatable bonds is 7. The first-order valence-electron chi connectivity index (χ1n) is 5.63. The molecule has 0 aromatic heterocycles. The van der Waals surface area contributed by atoms with Crippen LogP contribution in [-0.2, 0) is 9.53 Å². The molecule has 0 aromatic rings. The van der Waals surface area contributed by atoms with Gasteiger partial charge in [-0.2, -0.15) is 0 Å². The van der Waals surface area contributed by atoms with Crippen LogP contribution in [0.5, 0.6) is 0 Å². The maximum absolute atomic E-state index is 11.9. The fourth-order valence-corrected chi connectivity index (χ4v) is 1.65. The molecule has 0 radical (unpaired) electrons. The van der Waals surface area contributed by atoms with Crippen molar-refractivity contribution in [1.82, 2.24) is 4.90 Å². The maximum atomic E-state index is 11.9. The van der Waals surface area contributed by atoms with Crippen LogP contribution >= 0.6 is 0 Å². The molecule has 0 aliphatic rings. The van der Waals surface area contributed by atoms with Gasteiger partial charge in [0.1, 0.15) is 0 Å². The summed E-state index contributed by atoms with van der Waals surface area (Å²) in [7, 11) is 1.64.